The van der Waals surface area contributed by atoms with E-state index in [-0.39, 0.29) is 6.10 Å². The number of carboxylic acids is 1. The molecule has 0 saturated heterocycles. The summed E-state index contributed by atoms with van der Waals surface area (Å²) in [5.74, 6) is -0.900. The highest BCUT2D eigenvalue weighted by atomic mass is 16.5. The van der Waals surface area contributed by atoms with Crippen LogP contribution in [0.1, 0.15) is 37.0 Å². The van der Waals surface area contributed by atoms with E-state index < -0.39 is 12.1 Å². The fraction of sp³-hybridized carbons (Fsp3) is 0.462. The van der Waals surface area contributed by atoms with Crippen molar-refractivity contribution in [1.29, 1.82) is 0 Å². The summed E-state index contributed by atoms with van der Waals surface area (Å²) in [5, 5.41) is 8.84. The van der Waals surface area contributed by atoms with E-state index in [2.05, 4.69) is 6.07 Å². The third-order valence-electron chi connectivity index (χ3n) is 3.03. The molecule has 3 heteroatoms. The maximum absolute atomic E-state index is 10.8. The summed E-state index contributed by atoms with van der Waals surface area (Å²) in [6.45, 7) is 1.58. The van der Waals surface area contributed by atoms with Gasteiger partial charge in [-0.1, -0.05) is 24.3 Å². The van der Waals surface area contributed by atoms with Crippen molar-refractivity contribution in [1.82, 2.24) is 0 Å². The van der Waals surface area contributed by atoms with Crippen LogP contribution in [-0.2, 0) is 16.0 Å². The molecule has 86 valence electrons. The number of hydrogen-bond donors (Lipinski definition) is 1. The van der Waals surface area contributed by atoms with E-state index in [9.17, 15) is 4.79 Å². The average molecular weight is 220 g/mol. The molecule has 1 aliphatic rings. The summed E-state index contributed by atoms with van der Waals surface area (Å²) >= 11 is 0. The van der Waals surface area contributed by atoms with Crippen LogP contribution in [0.4, 0.5) is 0 Å². The van der Waals surface area contributed by atoms with Gasteiger partial charge in [-0.05, 0) is 37.3 Å². The molecule has 0 aliphatic heterocycles. The van der Waals surface area contributed by atoms with Crippen molar-refractivity contribution in [3.63, 3.8) is 0 Å². The fourth-order valence-electron chi connectivity index (χ4n) is 2.16. The van der Waals surface area contributed by atoms with Crippen LogP contribution in [0.3, 0.4) is 0 Å². The van der Waals surface area contributed by atoms with E-state index in [4.69, 9.17) is 9.84 Å². The molecule has 0 heterocycles. The van der Waals surface area contributed by atoms with Gasteiger partial charge in [-0.3, -0.25) is 0 Å². The molecule has 0 aromatic heterocycles. The average Bonchev–Trinajstić information content (AvgIpc) is 2.29. The normalized spacial score (nSPS) is 21.2. The summed E-state index contributed by atoms with van der Waals surface area (Å²) < 4.78 is 5.58. The summed E-state index contributed by atoms with van der Waals surface area (Å²) in [5.41, 5.74) is 2.44. The van der Waals surface area contributed by atoms with Crippen molar-refractivity contribution < 1.29 is 14.6 Å². The molecule has 3 nitrogen and oxygen atoms in total. The Bertz CT molecular complexity index is 387. The standard InChI is InChI=1S/C13H16O3/c1-9(13(14)15)16-12-8-4-6-10-5-2-3-7-11(10)12/h2-3,5,7,9,12H,4,6,8H2,1H3,(H,14,15). The van der Waals surface area contributed by atoms with Crippen LogP contribution in [0.25, 0.3) is 0 Å². The minimum absolute atomic E-state index is 0.0592. The van der Waals surface area contributed by atoms with E-state index in [0.717, 1.165) is 24.8 Å². The van der Waals surface area contributed by atoms with Crippen molar-refractivity contribution in [3.8, 4) is 0 Å². The Morgan fingerprint density at radius 3 is 3.00 bits per heavy atom. The Morgan fingerprint density at radius 1 is 1.50 bits per heavy atom. The van der Waals surface area contributed by atoms with Gasteiger partial charge in [0, 0.05) is 0 Å². The molecule has 1 aromatic rings. The van der Waals surface area contributed by atoms with E-state index in [1.807, 2.05) is 18.2 Å². The first-order valence-corrected chi connectivity index (χ1v) is 5.64. The van der Waals surface area contributed by atoms with Crippen LogP contribution >= 0.6 is 0 Å². The molecule has 1 N–H and O–H groups in total. The molecule has 2 unspecified atom stereocenters. The minimum atomic E-state index is -0.900. The number of carbonyl (C=O) groups is 1. The molecule has 2 atom stereocenters. The molecular weight excluding hydrogens is 204 g/mol. The molecule has 0 bridgehead atoms. The van der Waals surface area contributed by atoms with Gasteiger partial charge in [0.15, 0.2) is 6.10 Å². The van der Waals surface area contributed by atoms with Crippen LogP contribution in [0, 0.1) is 0 Å². The van der Waals surface area contributed by atoms with Crippen LogP contribution in [-0.4, -0.2) is 17.2 Å². The zero-order valence-electron chi connectivity index (χ0n) is 9.35. The monoisotopic (exact) mass is 220 g/mol. The predicted octanol–water partition coefficient (Wildman–Crippen LogP) is 2.55. The molecule has 0 spiro atoms. The van der Waals surface area contributed by atoms with E-state index in [1.165, 1.54) is 5.56 Å². The number of carboxylic acid groups (broad SMARTS) is 1. The Labute approximate surface area is 95.0 Å². The third kappa shape index (κ3) is 2.25. The maximum Gasteiger partial charge on any atom is 0.332 e. The summed E-state index contributed by atoms with van der Waals surface area (Å²) in [7, 11) is 0. The lowest BCUT2D eigenvalue weighted by Crippen LogP contribution is -2.24. The van der Waals surface area contributed by atoms with Gasteiger partial charge in [0.2, 0.25) is 0 Å². The van der Waals surface area contributed by atoms with Crippen LogP contribution < -0.4 is 0 Å². The number of ether oxygens (including phenoxy) is 1. The van der Waals surface area contributed by atoms with Crippen molar-refractivity contribution in [3.05, 3.63) is 35.4 Å². The molecule has 0 fully saturated rings. The molecule has 0 radical (unpaired) electrons. The van der Waals surface area contributed by atoms with Crippen molar-refractivity contribution >= 4 is 5.97 Å². The Morgan fingerprint density at radius 2 is 2.25 bits per heavy atom. The largest absolute Gasteiger partial charge is 0.479 e. The molecular formula is C13H16O3. The van der Waals surface area contributed by atoms with Gasteiger partial charge in [-0.25, -0.2) is 4.79 Å². The smallest absolute Gasteiger partial charge is 0.332 e. The highest BCUT2D eigenvalue weighted by Gasteiger charge is 2.24. The lowest BCUT2D eigenvalue weighted by atomic mass is 9.89. The first-order valence-electron chi connectivity index (χ1n) is 5.64. The second-order valence-corrected chi connectivity index (χ2v) is 4.20. The second-order valence-electron chi connectivity index (χ2n) is 4.20. The topological polar surface area (TPSA) is 46.5 Å². The van der Waals surface area contributed by atoms with E-state index in [1.54, 1.807) is 6.92 Å². The third-order valence-corrected chi connectivity index (χ3v) is 3.03. The van der Waals surface area contributed by atoms with Gasteiger partial charge in [-0.2, -0.15) is 0 Å². The van der Waals surface area contributed by atoms with Crippen LogP contribution in [0.5, 0.6) is 0 Å². The number of rotatable bonds is 3. The van der Waals surface area contributed by atoms with Gasteiger partial charge in [0.25, 0.3) is 0 Å². The van der Waals surface area contributed by atoms with Crippen LogP contribution in [0.2, 0.25) is 0 Å². The van der Waals surface area contributed by atoms with E-state index >= 15 is 0 Å². The van der Waals surface area contributed by atoms with Gasteiger partial charge in [0.1, 0.15) is 0 Å². The van der Waals surface area contributed by atoms with Gasteiger partial charge >= 0.3 is 5.97 Å². The number of hydrogen-bond acceptors (Lipinski definition) is 2. The quantitative estimate of drug-likeness (QED) is 0.851. The predicted molar refractivity (Wildman–Crippen MR) is 60.3 cm³/mol. The molecule has 1 aromatic carbocycles. The highest BCUT2D eigenvalue weighted by molar-refractivity contribution is 5.71. The summed E-state index contributed by atoms with van der Waals surface area (Å²) in [4.78, 5) is 10.8. The Kier molecular flexibility index (Phi) is 3.25. The molecule has 16 heavy (non-hydrogen) atoms. The lowest BCUT2D eigenvalue weighted by Gasteiger charge is -2.27. The highest BCUT2D eigenvalue weighted by Crippen LogP contribution is 2.33. The van der Waals surface area contributed by atoms with Crippen molar-refractivity contribution in [2.24, 2.45) is 0 Å². The summed E-state index contributed by atoms with van der Waals surface area (Å²) in [6, 6.07) is 8.12. The summed E-state index contributed by atoms with van der Waals surface area (Å²) in [6.07, 6.45) is 2.24. The van der Waals surface area contributed by atoms with Gasteiger partial charge < -0.3 is 9.84 Å². The fourth-order valence-corrected chi connectivity index (χ4v) is 2.16. The van der Waals surface area contributed by atoms with E-state index in [0.29, 0.717) is 0 Å². The first-order chi connectivity index (χ1) is 7.68. The van der Waals surface area contributed by atoms with Gasteiger partial charge in [0.05, 0.1) is 6.10 Å². The first kappa shape index (κ1) is 11.1. The Hall–Kier alpha value is -1.35. The molecule has 0 saturated carbocycles. The second kappa shape index (κ2) is 4.66. The molecule has 2 rings (SSSR count). The van der Waals surface area contributed by atoms with Crippen molar-refractivity contribution in [2.75, 3.05) is 0 Å². The number of aliphatic carboxylic acids is 1. The zero-order valence-corrected chi connectivity index (χ0v) is 9.35. The maximum atomic E-state index is 10.8. The zero-order chi connectivity index (χ0) is 11.5. The number of fused-ring (bicyclic) bond motifs is 1. The Balaban J connectivity index is 2.16. The number of aryl methyl sites for hydroxylation is 1. The SMILES string of the molecule is CC(OC1CCCc2ccccc21)C(=O)O. The van der Waals surface area contributed by atoms with Crippen LogP contribution in [0.15, 0.2) is 24.3 Å². The molecule has 0 amide bonds. The molecule has 1 aliphatic carbocycles. The van der Waals surface area contributed by atoms with Gasteiger partial charge in [-0.15, -0.1) is 0 Å². The lowest BCUT2D eigenvalue weighted by molar-refractivity contribution is -0.153. The minimum Gasteiger partial charge on any atom is -0.479 e. The number of benzene rings is 1. The van der Waals surface area contributed by atoms with Crippen molar-refractivity contribution in [2.45, 2.75) is 38.4 Å².